The molecule has 0 amide bonds. The molecule has 2 aromatic rings. The second-order valence-corrected chi connectivity index (χ2v) is 4.74. The maximum absolute atomic E-state index is 8.95. The minimum absolute atomic E-state index is 0.0131. The summed E-state index contributed by atoms with van der Waals surface area (Å²) in [6, 6.07) is 4.26. The first kappa shape index (κ1) is 11.9. The first-order chi connectivity index (χ1) is 9.29. The Kier molecular flexibility index (Phi) is 3.05. The molecule has 1 aliphatic rings. The highest BCUT2D eigenvalue weighted by Gasteiger charge is 2.22. The number of nitriles is 1. The van der Waals surface area contributed by atoms with Gasteiger partial charge in [-0.05, 0) is 13.0 Å². The minimum atomic E-state index is -0.0131. The van der Waals surface area contributed by atoms with Gasteiger partial charge in [-0.2, -0.15) is 10.4 Å². The lowest BCUT2D eigenvalue weighted by atomic mass is 10.2. The third-order valence-corrected chi connectivity index (χ3v) is 3.65. The smallest absolute Gasteiger partial charge is 0.154 e. The lowest BCUT2D eigenvalue weighted by Gasteiger charge is -2.36. The molecule has 1 saturated heterocycles. The molecule has 0 radical (unpaired) electrons. The lowest BCUT2D eigenvalue weighted by Crippen LogP contribution is -2.49. The molecule has 0 spiro atoms. The molecule has 0 aliphatic carbocycles. The molecule has 98 valence electrons. The van der Waals surface area contributed by atoms with Gasteiger partial charge in [0.1, 0.15) is 5.52 Å². The van der Waals surface area contributed by atoms with E-state index in [-0.39, 0.29) is 6.04 Å². The molecular weight excluding hydrogens is 240 g/mol. The van der Waals surface area contributed by atoms with Gasteiger partial charge in [0.15, 0.2) is 5.82 Å². The average molecular weight is 256 g/mol. The van der Waals surface area contributed by atoms with Crippen LogP contribution in [0.3, 0.4) is 0 Å². The highest BCUT2D eigenvalue weighted by molar-refractivity contribution is 5.68. The van der Waals surface area contributed by atoms with Crippen molar-refractivity contribution in [2.45, 2.75) is 13.0 Å². The van der Waals surface area contributed by atoms with Crippen molar-refractivity contribution in [2.75, 3.05) is 31.1 Å². The highest BCUT2D eigenvalue weighted by atomic mass is 15.3. The molecule has 1 aliphatic heterocycles. The number of aromatic nitrogens is 3. The molecule has 0 saturated carbocycles. The maximum atomic E-state index is 8.95. The second kappa shape index (κ2) is 4.86. The molecule has 19 heavy (non-hydrogen) atoms. The molecule has 1 atom stereocenters. The van der Waals surface area contributed by atoms with E-state index < -0.39 is 0 Å². The van der Waals surface area contributed by atoms with E-state index in [9.17, 15) is 0 Å². The van der Waals surface area contributed by atoms with Crippen LogP contribution in [0.4, 0.5) is 5.82 Å². The van der Waals surface area contributed by atoms with Gasteiger partial charge in [-0.3, -0.25) is 4.90 Å². The van der Waals surface area contributed by atoms with E-state index in [0.717, 1.165) is 37.5 Å². The zero-order valence-corrected chi connectivity index (χ0v) is 10.9. The van der Waals surface area contributed by atoms with Gasteiger partial charge in [0.25, 0.3) is 0 Å². The van der Waals surface area contributed by atoms with Gasteiger partial charge in [0, 0.05) is 38.6 Å². The van der Waals surface area contributed by atoms with Gasteiger partial charge < -0.3 is 4.90 Å². The topological polar surface area (TPSA) is 60.5 Å². The fourth-order valence-corrected chi connectivity index (χ4v) is 2.49. The first-order valence-electron chi connectivity index (χ1n) is 6.46. The van der Waals surface area contributed by atoms with E-state index in [4.69, 9.17) is 5.26 Å². The molecule has 2 aromatic heterocycles. The van der Waals surface area contributed by atoms with Gasteiger partial charge >= 0.3 is 0 Å². The predicted molar refractivity (Wildman–Crippen MR) is 71.8 cm³/mol. The standard InChI is InChI=1S/C13H16N6/c1-11(10-14)17-6-8-18(9-7-17)13-12-2-3-16-19(12)5-4-15-13/h2-5,11H,6-9H2,1H3. The number of hydrogen-bond acceptors (Lipinski definition) is 5. The van der Waals surface area contributed by atoms with Crippen LogP contribution in [0.15, 0.2) is 24.7 Å². The van der Waals surface area contributed by atoms with Crippen LogP contribution in [0.1, 0.15) is 6.92 Å². The molecule has 1 unspecified atom stereocenters. The summed E-state index contributed by atoms with van der Waals surface area (Å²) in [5.74, 6) is 0.976. The van der Waals surface area contributed by atoms with Crippen LogP contribution in [0.5, 0.6) is 0 Å². The zero-order chi connectivity index (χ0) is 13.2. The number of rotatable bonds is 2. The highest BCUT2D eigenvalue weighted by Crippen LogP contribution is 2.19. The summed E-state index contributed by atoms with van der Waals surface area (Å²) >= 11 is 0. The maximum Gasteiger partial charge on any atom is 0.154 e. The van der Waals surface area contributed by atoms with Gasteiger partial charge in [-0.25, -0.2) is 9.50 Å². The molecule has 3 rings (SSSR count). The van der Waals surface area contributed by atoms with E-state index in [2.05, 4.69) is 26.0 Å². The normalized spacial score (nSPS) is 18.4. The van der Waals surface area contributed by atoms with Gasteiger partial charge in [0.05, 0.1) is 18.3 Å². The first-order valence-corrected chi connectivity index (χ1v) is 6.46. The van der Waals surface area contributed by atoms with E-state index in [0.29, 0.717) is 0 Å². The van der Waals surface area contributed by atoms with Crippen molar-refractivity contribution in [3.63, 3.8) is 0 Å². The Morgan fingerprint density at radius 3 is 2.79 bits per heavy atom. The van der Waals surface area contributed by atoms with Crippen molar-refractivity contribution in [1.82, 2.24) is 19.5 Å². The van der Waals surface area contributed by atoms with Crippen molar-refractivity contribution in [2.24, 2.45) is 0 Å². The summed E-state index contributed by atoms with van der Waals surface area (Å²) in [6.07, 6.45) is 5.42. The number of anilines is 1. The summed E-state index contributed by atoms with van der Waals surface area (Å²) in [7, 11) is 0. The SMILES string of the molecule is CC(C#N)N1CCN(c2nccn3nccc23)CC1. The fraction of sp³-hybridized carbons (Fsp3) is 0.462. The second-order valence-electron chi connectivity index (χ2n) is 4.74. The van der Waals surface area contributed by atoms with Crippen LogP contribution < -0.4 is 4.90 Å². The molecule has 0 N–H and O–H groups in total. The average Bonchev–Trinajstić information content (AvgIpc) is 2.95. The quantitative estimate of drug-likeness (QED) is 0.794. The summed E-state index contributed by atoms with van der Waals surface area (Å²) < 4.78 is 1.84. The summed E-state index contributed by atoms with van der Waals surface area (Å²) in [5, 5.41) is 13.2. The number of fused-ring (bicyclic) bond motifs is 1. The lowest BCUT2D eigenvalue weighted by molar-refractivity contribution is 0.231. The van der Waals surface area contributed by atoms with Crippen molar-refractivity contribution in [1.29, 1.82) is 5.26 Å². The fourth-order valence-electron chi connectivity index (χ4n) is 2.49. The van der Waals surface area contributed by atoms with E-state index in [1.165, 1.54) is 0 Å². The van der Waals surface area contributed by atoms with Gasteiger partial charge in [0.2, 0.25) is 0 Å². The van der Waals surface area contributed by atoms with Gasteiger partial charge in [-0.1, -0.05) is 0 Å². The van der Waals surface area contributed by atoms with Crippen molar-refractivity contribution >= 4 is 11.3 Å². The van der Waals surface area contributed by atoms with Crippen molar-refractivity contribution in [3.8, 4) is 6.07 Å². The predicted octanol–water partition coefficient (Wildman–Crippen LogP) is 0.763. The zero-order valence-electron chi connectivity index (χ0n) is 10.9. The Labute approximate surface area is 111 Å². The molecule has 6 heteroatoms. The third-order valence-electron chi connectivity index (χ3n) is 3.65. The minimum Gasteiger partial charge on any atom is -0.352 e. The molecule has 0 bridgehead atoms. The van der Waals surface area contributed by atoms with Crippen LogP contribution in [0.2, 0.25) is 0 Å². The van der Waals surface area contributed by atoms with E-state index in [1.807, 2.05) is 23.7 Å². The summed E-state index contributed by atoms with van der Waals surface area (Å²) in [4.78, 5) is 8.94. The largest absolute Gasteiger partial charge is 0.352 e. The molecule has 3 heterocycles. The molecule has 6 nitrogen and oxygen atoms in total. The molecule has 0 aromatic carbocycles. The Morgan fingerprint density at radius 2 is 2.05 bits per heavy atom. The van der Waals surface area contributed by atoms with Gasteiger partial charge in [-0.15, -0.1) is 0 Å². The van der Waals surface area contributed by atoms with Crippen LogP contribution in [-0.2, 0) is 0 Å². The van der Waals surface area contributed by atoms with Crippen molar-refractivity contribution in [3.05, 3.63) is 24.7 Å². The molecular formula is C13H16N6. The van der Waals surface area contributed by atoms with Crippen molar-refractivity contribution < 1.29 is 0 Å². The van der Waals surface area contributed by atoms with Crippen LogP contribution in [-0.4, -0.2) is 51.7 Å². The number of hydrogen-bond donors (Lipinski definition) is 0. The summed E-state index contributed by atoms with van der Waals surface area (Å²) in [6.45, 7) is 5.52. The van der Waals surface area contributed by atoms with E-state index in [1.54, 1.807) is 12.4 Å². The number of piperazine rings is 1. The molecule has 1 fully saturated rings. The Bertz CT molecular complexity index is 605. The Hall–Kier alpha value is -2.13. The van der Waals surface area contributed by atoms with Crippen LogP contribution in [0, 0.1) is 11.3 Å². The monoisotopic (exact) mass is 256 g/mol. The van der Waals surface area contributed by atoms with Crippen LogP contribution in [0.25, 0.3) is 5.52 Å². The summed E-state index contributed by atoms with van der Waals surface area (Å²) in [5.41, 5.74) is 1.03. The van der Waals surface area contributed by atoms with Crippen LogP contribution >= 0.6 is 0 Å². The number of nitrogens with zero attached hydrogens (tertiary/aromatic N) is 6. The third kappa shape index (κ3) is 2.13. The Balaban J connectivity index is 1.79. The Morgan fingerprint density at radius 1 is 1.26 bits per heavy atom. The van der Waals surface area contributed by atoms with E-state index >= 15 is 0 Å².